The van der Waals surface area contributed by atoms with Crippen LogP contribution in [0.15, 0.2) is 30.9 Å². The molecule has 0 aliphatic heterocycles. The summed E-state index contributed by atoms with van der Waals surface area (Å²) in [5, 5.41) is 6.63. The quantitative estimate of drug-likeness (QED) is 0.799. The fraction of sp³-hybridized carbons (Fsp3) is 0.0909. The Morgan fingerprint density at radius 1 is 1.47 bits per heavy atom. The predicted octanol–water partition coefficient (Wildman–Crippen LogP) is 1.04. The highest BCUT2D eigenvalue weighted by Crippen LogP contribution is 2.20. The van der Waals surface area contributed by atoms with Crippen molar-refractivity contribution < 1.29 is 9.59 Å². The monoisotopic (exact) mass is 230 g/mol. The normalized spacial score (nSPS) is 9.94. The van der Waals surface area contributed by atoms with Crippen molar-refractivity contribution in [2.45, 2.75) is 6.92 Å². The van der Waals surface area contributed by atoms with Crippen LogP contribution in [0.5, 0.6) is 0 Å². The standard InChI is InChI=1S/C11H10N4O2/c1-8(17)14-10-4-9(5-16)2-3-11(10)15-7-12-6-13-15/h2-7H,1H3,(H,14,17). The molecule has 0 atom stereocenters. The number of nitrogens with zero attached hydrogens (tertiary/aromatic N) is 3. The number of aldehydes is 1. The average molecular weight is 230 g/mol. The first-order valence-electron chi connectivity index (χ1n) is 4.92. The summed E-state index contributed by atoms with van der Waals surface area (Å²) in [4.78, 5) is 25.6. The van der Waals surface area contributed by atoms with E-state index in [2.05, 4.69) is 15.4 Å². The van der Waals surface area contributed by atoms with E-state index < -0.39 is 0 Å². The van der Waals surface area contributed by atoms with Crippen molar-refractivity contribution in [2.24, 2.45) is 0 Å². The predicted molar refractivity (Wildman–Crippen MR) is 61.1 cm³/mol. The van der Waals surface area contributed by atoms with Crippen LogP contribution in [0.2, 0.25) is 0 Å². The van der Waals surface area contributed by atoms with Crippen LogP contribution in [0.3, 0.4) is 0 Å². The van der Waals surface area contributed by atoms with Gasteiger partial charge in [-0.1, -0.05) is 0 Å². The number of hydrogen-bond donors (Lipinski definition) is 1. The molecule has 1 heterocycles. The van der Waals surface area contributed by atoms with Gasteiger partial charge in [0.2, 0.25) is 5.91 Å². The van der Waals surface area contributed by atoms with E-state index in [-0.39, 0.29) is 5.91 Å². The number of amides is 1. The maximum atomic E-state index is 11.1. The Labute approximate surface area is 97.3 Å². The largest absolute Gasteiger partial charge is 0.324 e. The van der Waals surface area contributed by atoms with Gasteiger partial charge in [-0.15, -0.1) is 0 Å². The van der Waals surface area contributed by atoms with Gasteiger partial charge >= 0.3 is 0 Å². The summed E-state index contributed by atoms with van der Waals surface area (Å²) in [5.41, 5.74) is 1.66. The summed E-state index contributed by atoms with van der Waals surface area (Å²) in [6.07, 6.45) is 3.63. The zero-order chi connectivity index (χ0) is 12.3. The second-order valence-corrected chi connectivity index (χ2v) is 3.42. The van der Waals surface area contributed by atoms with Crippen molar-refractivity contribution in [3.05, 3.63) is 36.4 Å². The van der Waals surface area contributed by atoms with Gasteiger partial charge in [-0.05, 0) is 18.2 Å². The lowest BCUT2D eigenvalue weighted by atomic mass is 10.2. The molecule has 0 aliphatic carbocycles. The molecular formula is C11H10N4O2. The minimum atomic E-state index is -0.214. The highest BCUT2D eigenvalue weighted by molar-refractivity contribution is 5.92. The molecule has 1 aromatic carbocycles. The molecule has 0 aliphatic rings. The third-order valence-corrected chi connectivity index (χ3v) is 2.13. The Morgan fingerprint density at radius 2 is 2.29 bits per heavy atom. The van der Waals surface area contributed by atoms with Gasteiger partial charge in [0.1, 0.15) is 18.9 Å². The second kappa shape index (κ2) is 4.56. The molecule has 2 aromatic rings. The van der Waals surface area contributed by atoms with Gasteiger partial charge < -0.3 is 5.32 Å². The van der Waals surface area contributed by atoms with E-state index in [0.717, 1.165) is 6.29 Å². The molecule has 17 heavy (non-hydrogen) atoms. The highest BCUT2D eigenvalue weighted by Gasteiger charge is 2.07. The summed E-state index contributed by atoms with van der Waals surface area (Å²) in [6.45, 7) is 1.40. The first kappa shape index (κ1) is 11.0. The van der Waals surface area contributed by atoms with Gasteiger partial charge in [-0.2, -0.15) is 5.10 Å². The molecule has 0 unspecified atom stereocenters. The third kappa shape index (κ3) is 2.36. The van der Waals surface area contributed by atoms with Gasteiger partial charge in [-0.25, -0.2) is 9.67 Å². The molecule has 6 nitrogen and oxygen atoms in total. The smallest absolute Gasteiger partial charge is 0.221 e. The van der Waals surface area contributed by atoms with Crippen LogP contribution in [0.1, 0.15) is 17.3 Å². The minimum absolute atomic E-state index is 0.214. The Balaban J connectivity index is 2.50. The second-order valence-electron chi connectivity index (χ2n) is 3.42. The lowest BCUT2D eigenvalue weighted by Crippen LogP contribution is -2.10. The molecule has 1 N–H and O–H groups in total. The van der Waals surface area contributed by atoms with E-state index in [9.17, 15) is 9.59 Å². The van der Waals surface area contributed by atoms with E-state index in [1.807, 2.05) is 0 Å². The van der Waals surface area contributed by atoms with Crippen LogP contribution in [-0.2, 0) is 4.79 Å². The molecule has 0 bridgehead atoms. The molecule has 86 valence electrons. The van der Waals surface area contributed by atoms with Crippen LogP contribution in [0.4, 0.5) is 5.69 Å². The number of hydrogen-bond acceptors (Lipinski definition) is 4. The molecule has 2 rings (SSSR count). The van der Waals surface area contributed by atoms with E-state index in [1.54, 1.807) is 18.2 Å². The average Bonchev–Trinajstić information content (AvgIpc) is 2.81. The Bertz CT molecular complexity index is 549. The fourth-order valence-electron chi connectivity index (χ4n) is 1.45. The number of benzene rings is 1. The SMILES string of the molecule is CC(=O)Nc1cc(C=O)ccc1-n1cncn1. The topological polar surface area (TPSA) is 76.9 Å². The minimum Gasteiger partial charge on any atom is -0.324 e. The van der Waals surface area contributed by atoms with Crippen LogP contribution >= 0.6 is 0 Å². The van der Waals surface area contributed by atoms with E-state index >= 15 is 0 Å². The number of aromatic nitrogens is 3. The van der Waals surface area contributed by atoms with Crippen LogP contribution in [0, 0.1) is 0 Å². The van der Waals surface area contributed by atoms with Crippen LogP contribution < -0.4 is 5.32 Å². The maximum absolute atomic E-state index is 11.1. The van der Waals surface area contributed by atoms with Crippen molar-refractivity contribution in [2.75, 3.05) is 5.32 Å². The number of carbonyl (C=O) groups is 2. The van der Waals surface area contributed by atoms with Gasteiger partial charge in [0, 0.05) is 12.5 Å². The van der Waals surface area contributed by atoms with E-state index in [0.29, 0.717) is 16.9 Å². The first-order chi connectivity index (χ1) is 8.20. The highest BCUT2D eigenvalue weighted by atomic mass is 16.1. The van der Waals surface area contributed by atoms with Gasteiger partial charge in [0.25, 0.3) is 0 Å². The molecule has 0 fully saturated rings. The number of carbonyl (C=O) groups excluding carboxylic acids is 2. The van der Waals surface area contributed by atoms with Gasteiger partial charge in [0.05, 0.1) is 11.4 Å². The lowest BCUT2D eigenvalue weighted by molar-refractivity contribution is -0.114. The Hall–Kier alpha value is -2.50. The maximum Gasteiger partial charge on any atom is 0.221 e. The molecule has 0 spiro atoms. The van der Waals surface area contributed by atoms with Gasteiger partial charge in [-0.3, -0.25) is 9.59 Å². The van der Waals surface area contributed by atoms with Crippen molar-refractivity contribution in [1.29, 1.82) is 0 Å². The van der Waals surface area contributed by atoms with Crippen LogP contribution in [0.25, 0.3) is 5.69 Å². The summed E-state index contributed by atoms with van der Waals surface area (Å²) in [5.74, 6) is -0.214. The molecule has 1 amide bonds. The molecule has 0 saturated heterocycles. The Kier molecular flexibility index (Phi) is 2.95. The first-order valence-corrected chi connectivity index (χ1v) is 4.92. The Morgan fingerprint density at radius 3 is 2.88 bits per heavy atom. The van der Waals surface area contributed by atoms with Crippen molar-refractivity contribution in [1.82, 2.24) is 14.8 Å². The third-order valence-electron chi connectivity index (χ3n) is 2.13. The molecular weight excluding hydrogens is 220 g/mol. The zero-order valence-electron chi connectivity index (χ0n) is 9.12. The number of anilines is 1. The summed E-state index contributed by atoms with van der Waals surface area (Å²) in [6, 6.07) is 4.93. The lowest BCUT2D eigenvalue weighted by Gasteiger charge is -2.09. The molecule has 1 aromatic heterocycles. The molecule has 6 heteroatoms. The van der Waals surface area contributed by atoms with E-state index in [4.69, 9.17) is 0 Å². The van der Waals surface area contributed by atoms with Crippen LogP contribution in [-0.4, -0.2) is 27.0 Å². The van der Waals surface area contributed by atoms with Crippen molar-refractivity contribution in [3.8, 4) is 5.69 Å². The number of rotatable bonds is 3. The van der Waals surface area contributed by atoms with Crippen molar-refractivity contribution >= 4 is 17.9 Å². The van der Waals surface area contributed by atoms with E-state index in [1.165, 1.54) is 24.3 Å². The number of nitrogens with one attached hydrogen (secondary N) is 1. The zero-order valence-corrected chi connectivity index (χ0v) is 9.12. The van der Waals surface area contributed by atoms with Gasteiger partial charge in [0.15, 0.2) is 0 Å². The fourth-order valence-corrected chi connectivity index (χ4v) is 1.45. The summed E-state index contributed by atoms with van der Waals surface area (Å²) in [7, 11) is 0. The summed E-state index contributed by atoms with van der Waals surface area (Å²) >= 11 is 0. The van der Waals surface area contributed by atoms with Crippen molar-refractivity contribution in [3.63, 3.8) is 0 Å². The molecule has 0 saturated carbocycles. The molecule has 0 radical (unpaired) electrons. The summed E-state index contributed by atoms with van der Waals surface area (Å²) < 4.78 is 1.51.